The van der Waals surface area contributed by atoms with Gasteiger partial charge < -0.3 is 4.74 Å². The molecule has 1 unspecified atom stereocenters. The first-order chi connectivity index (χ1) is 19.3. The molecule has 1 nitrogen and oxygen atoms in total. The van der Waals surface area contributed by atoms with Crippen LogP contribution < -0.4 is 15.2 Å². The van der Waals surface area contributed by atoms with Gasteiger partial charge in [0.2, 0.25) is 0 Å². The van der Waals surface area contributed by atoms with Crippen molar-refractivity contribution < 1.29 is 4.74 Å². The lowest BCUT2D eigenvalue weighted by molar-refractivity contribution is 0.349. The van der Waals surface area contributed by atoms with Gasteiger partial charge in [0, 0.05) is 22.1 Å². The zero-order valence-electron chi connectivity index (χ0n) is 27.3. The summed E-state index contributed by atoms with van der Waals surface area (Å²) in [5.74, 6) is 1.02. The van der Waals surface area contributed by atoms with Crippen LogP contribution in [0.3, 0.4) is 0 Å². The SMILES string of the molecule is C=CCOc1c(C2=c3ccccc3=C3C(=C4CCC(C)(C)C=C4C3[Si](CC)CC)C2(C)C)cc(C)cc1C(C)(C)C. The predicted octanol–water partition coefficient (Wildman–Crippen LogP) is 9.21. The van der Waals surface area contributed by atoms with Gasteiger partial charge in [0.25, 0.3) is 0 Å². The average molecular weight is 564 g/mol. The third kappa shape index (κ3) is 4.95. The first-order valence-corrected chi connectivity index (χ1v) is 17.8. The van der Waals surface area contributed by atoms with E-state index < -0.39 is 8.80 Å². The van der Waals surface area contributed by atoms with Crippen molar-refractivity contribution in [2.45, 2.75) is 105 Å². The summed E-state index contributed by atoms with van der Waals surface area (Å²) in [5, 5.41) is 2.85. The van der Waals surface area contributed by atoms with Crippen LogP contribution in [0.1, 0.15) is 91.8 Å². The second kappa shape index (κ2) is 10.6. The third-order valence-corrected chi connectivity index (χ3v) is 13.0. The molecule has 1 atom stereocenters. The zero-order chi connectivity index (χ0) is 29.9. The molecule has 0 heterocycles. The number of rotatable bonds is 7. The van der Waals surface area contributed by atoms with Crippen LogP contribution in [-0.4, -0.2) is 15.4 Å². The minimum atomic E-state index is -0.605. The summed E-state index contributed by atoms with van der Waals surface area (Å²) in [7, 11) is -0.605. The molecule has 3 aliphatic rings. The minimum Gasteiger partial charge on any atom is -0.489 e. The van der Waals surface area contributed by atoms with Crippen molar-refractivity contribution in [3.63, 3.8) is 0 Å². The maximum atomic E-state index is 6.63. The minimum absolute atomic E-state index is 0.0434. The highest BCUT2D eigenvalue weighted by atomic mass is 28.3. The van der Waals surface area contributed by atoms with Gasteiger partial charge in [-0.1, -0.05) is 123 Å². The quantitative estimate of drug-likeness (QED) is 0.241. The number of aryl methyl sites for hydroxylation is 1. The maximum absolute atomic E-state index is 6.63. The maximum Gasteiger partial charge on any atom is 0.131 e. The monoisotopic (exact) mass is 563 g/mol. The van der Waals surface area contributed by atoms with E-state index in [1.165, 1.54) is 57.6 Å². The van der Waals surface area contributed by atoms with Crippen molar-refractivity contribution in [3.8, 4) is 5.75 Å². The normalized spacial score (nSPS) is 21.0. The lowest BCUT2D eigenvalue weighted by Gasteiger charge is -2.38. The molecule has 2 aromatic carbocycles. The second-order valence-electron chi connectivity index (χ2n) is 14.7. The van der Waals surface area contributed by atoms with Gasteiger partial charge in [0.1, 0.15) is 12.4 Å². The summed E-state index contributed by atoms with van der Waals surface area (Å²) in [6, 6.07) is 16.6. The standard InChI is InChI=1S/C39H51OSi/c1-12-21-40-35-29(22-25(4)23-31(35)37(5,6)7)33-27-18-16-15-17-26(27)32-34(39(33,10)11)28-19-20-38(8,9)24-30(28)36(32)41(13-2)14-3/h12,15-18,22-24,36H,1,13-14,19-21H2,2-11H3. The van der Waals surface area contributed by atoms with Gasteiger partial charge in [-0.15, -0.1) is 0 Å². The van der Waals surface area contributed by atoms with Gasteiger partial charge in [0.15, 0.2) is 0 Å². The van der Waals surface area contributed by atoms with Crippen molar-refractivity contribution in [2.75, 3.05) is 6.61 Å². The van der Waals surface area contributed by atoms with Crippen molar-refractivity contribution >= 4 is 19.9 Å². The Bertz CT molecular complexity index is 1570. The molecule has 2 aromatic rings. The Morgan fingerprint density at radius 2 is 1.66 bits per heavy atom. The number of hydrogen-bond donors (Lipinski definition) is 0. The first-order valence-electron chi connectivity index (χ1n) is 15.8. The van der Waals surface area contributed by atoms with E-state index in [2.05, 4.69) is 118 Å². The highest BCUT2D eigenvalue weighted by Crippen LogP contribution is 2.62. The predicted molar refractivity (Wildman–Crippen MR) is 180 cm³/mol. The molecule has 5 rings (SSSR count). The topological polar surface area (TPSA) is 9.23 Å². The molecule has 2 heteroatoms. The van der Waals surface area contributed by atoms with E-state index in [0.29, 0.717) is 12.1 Å². The Hall–Kier alpha value is -2.58. The molecule has 0 bridgehead atoms. The third-order valence-electron chi connectivity index (χ3n) is 9.79. The summed E-state index contributed by atoms with van der Waals surface area (Å²) in [6.07, 6.45) is 6.95. The van der Waals surface area contributed by atoms with Crippen LogP contribution in [0.15, 0.2) is 71.8 Å². The van der Waals surface area contributed by atoms with Crippen LogP contribution in [-0.2, 0) is 5.41 Å². The van der Waals surface area contributed by atoms with Crippen LogP contribution in [0.2, 0.25) is 17.6 Å². The largest absolute Gasteiger partial charge is 0.489 e. The molecule has 0 saturated carbocycles. The van der Waals surface area contributed by atoms with E-state index in [-0.39, 0.29) is 16.2 Å². The Morgan fingerprint density at radius 3 is 2.27 bits per heavy atom. The number of ether oxygens (including phenoxy) is 1. The van der Waals surface area contributed by atoms with Crippen molar-refractivity contribution in [1.82, 2.24) is 0 Å². The van der Waals surface area contributed by atoms with E-state index in [1.54, 1.807) is 22.3 Å². The van der Waals surface area contributed by atoms with Gasteiger partial charge in [-0.25, -0.2) is 0 Å². The Morgan fingerprint density at radius 1 is 1.00 bits per heavy atom. The van der Waals surface area contributed by atoms with E-state index >= 15 is 0 Å². The Kier molecular flexibility index (Phi) is 7.73. The lowest BCUT2D eigenvalue weighted by Crippen LogP contribution is -2.42. The molecule has 0 aromatic heterocycles. The van der Waals surface area contributed by atoms with Crippen molar-refractivity contribution in [1.29, 1.82) is 0 Å². The molecule has 41 heavy (non-hydrogen) atoms. The van der Waals surface area contributed by atoms with Crippen LogP contribution in [0.4, 0.5) is 0 Å². The molecular weight excluding hydrogens is 513 g/mol. The molecule has 0 amide bonds. The number of benzene rings is 2. The van der Waals surface area contributed by atoms with Gasteiger partial charge in [-0.2, -0.15) is 0 Å². The molecule has 1 radical (unpaired) electrons. The molecule has 0 saturated heterocycles. The molecule has 3 aliphatic carbocycles. The second-order valence-corrected chi connectivity index (χ2v) is 18.0. The smallest absolute Gasteiger partial charge is 0.131 e. The zero-order valence-corrected chi connectivity index (χ0v) is 28.3. The Balaban J connectivity index is 1.97. The number of allylic oxidation sites excluding steroid dienone is 4. The summed E-state index contributed by atoms with van der Waals surface area (Å²) in [5.41, 5.74) is 12.5. The fraction of sp³-hybridized carbons (Fsp3) is 0.487. The number of fused-ring (bicyclic) bond motifs is 3. The van der Waals surface area contributed by atoms with E-state index in [4.69, 9.17) is 4.74 Å². The van der Waals surface area contributed by atoms with Crippen LogP contribution in [0.25, 0.3) is 11.1 Å². The Labute approximate surface area is 251 Å². The van der Waals surface area contributed by atoms with Crippen molar-refractivity contribution in [2.24, 2.45) is 10.8 Å². The number of hydrogen-bond acceptors (Lipinski definition) is 1. The summed E-state index contributed by atoms with van der Waals surface area (Å²) in [4.78, 5) is 0. The fourth-order valence-corrected chi connectivity index (χ4v) is 10.7. The van der Waals surface area contributed by atoms with E-state index in [9.17, 15) is 0 Å². The lowest BCUT2D eigenvalue weighted by atomic mass is 9.66. The molecule has 0 aliphatic heterocycles. The van der Waals surface area contributed by atoms with Crippen molar-refractivity contribution in [3.05, 3.63) is 99.0 Å². The van der Waals surface area contributed by atoms with E-state index in [0.717, 1.165) is 5.75 Å². The van der Waals surface area contributed by atoms with Crippen LogP contribution >= 0.6 is 0 Å². The van der Waals surface area contributed by atoms with Crippen LogP contribution in [0.5, 0.6) is 5.75 Å². The molecular formula is C39H51OSi. The highest BCUT2D eigenvalue weighted by Gasteiger charge is 2.49. The van der Waals surface area contributed by atoms with Gasteiger partial charge >= 0.3 is 0 Å². The van der Waals surface area contributed by atoms with E-state index in [1.807, 2.05) is 6.08 Å². The first kappa shape index (κ1) is 29.9. The summed E-state index contributed by atoms with van der Waals surface area (Å²) in [6.45, 7) is 28.4. The molecule has 0 N–H and O–H groups in total. The molecule has 0 spiro atoms. The fourth-order valence-electron chi connectivity index (χ4n) is 7.94. The van der Waals surface area contributed by atoms with Crippen LogP contribution in [0, 0.1) is 17.8 Å². The van der Waals surface area contributed by atoms with Gasteiger partial charge in [0.05, 0.1) is 8.80 Å². The highest BCUT2D eigenvalue weighted by molar-refractivity contribution is 6.64. The van der Waals surface area contributed by atoms with Gasteiger partial charge in [-0.05, 0) is 80.5 Å². The van der Waals surface area contributed by atoms with Gasteiger partial charge in [-0.3, -0.25) is 0 Å². The molecule has 217 valence electrons. The average Bonchev–Trinajstić information content (AvgIpc) is 3.22. The summed E-state index contributed by atoms with van der Waals surface area (Å²) >= 11 is 0. The summed E-state index contributed by atoms with van der Waals surface area (Å²) < 4.78 is 6.63. The molecule has 0 fully saturated rings.